The zero-order chi connectivity index (χ0) is 13.2. The van der Waals surface area contributed by atoms with E-state index < -0.39 is 12.4 Å². The minimum absolute atomic E-state index is 0.179. The van der Waals surface area contributed by atoms with Crippen LogP contribution in [0.5, 0.6) is 0 Å². The summed E-state index contributed by atoms with van der Waals surface area (Å²) in [7, 11) is 0. The van der Waals surface area contributed by atoms with Crippen LogP contribution < -0.4 is 11.0 Å². The van der Waals surface area contributed by atoms with Crippen molar-refractivity contribution in [3.8, 4) is 0 Å². The average molecular weight is 252 g/mol. The molecule has 2 rings (SSSR count). The molecule has 6 heteroatoms. The van der Waals surface area contributed by atoms with E-state index in [2.05, 4.69) is 0 Å². The van der Waals surface area contributed by atoms with Crippen molar-refractivity contribution < 1.29 is 12.9 Å². The maximum atomic E-state index is 12.4. The van der Waals surface area contributed by atoms with Crippen molar-refractivity contribution in [3.05, 3.63) is 64.6 Å². The molecule has 2 aromatic rings. The van der Waals surface area contributed by atoms with Gasteiger partial charge in [-0.3, -0.25) is 4.79 Å². The molecule has 2 nitrogen and oxygen atoms in total. The van der Waals surface area contributed by atoms with Gasteiger partial charge in [-0.1, -0.05) is 30.3 Å². The highest BCUT2D eigenvalue weighted by Crippen LogP contribution is 2.09. The predicted octanol–water partition coefficient (Wildman–Crippen LogP) is 1.95. The Morgan fingerprint density at radius 1 is 1.00 bits per heavy atom. The number of benzene rings is 1. The molecular formula is C12H10BF3NO-. The molecule has 0 amide bonds. The van der Waals surface area contributed by atoms with E-state index in [9.17, 15) is 17.7 Å². The van der Waals surface area contributed by atoms with E-state index >= 15 is 0 Å². The maximum absolute atomic E-state index is 12.4. The summed E-state index contributed by atoms with van der Waals surface area (Å²) in [6.07, 6.45) is 1.60. The van der Waals surface area contributed by atoms with Gasteiger partial charge < -0.3 is 17.5 Å². The molecule has 0 radical (unpaired) electrons. The van der Waals surface area contributed by atoms with Gasteiger partial charge in [0, 0.05) is 12.3 Å². The van der Waals surface area contributed by atoms with Gasteiger partial charge in [-0.15, -0.1) is 5.46 Å². The second kappa shape index (κ2) is 4.72. The molecule has 0 atom stereocenters. The van der Waals surface area contributed by atoms with Crippen molar-refractivity contribution in [2.45, 2.75) is 6.54 Å². The molecular weight excluding hydrogens is 242 g/mol. The topological polar surface area (TPSA) is 22.0 Å². The van der Waals surface area contributed by atoms with Gasteiger partial charge in [-0.2, -0.15) is 0 Å². The van der Waals surface area contributed by atoms with Gasteiger partial charge in [0.15, 0.2) is 0 Å². The SMILES string of the molecule is O=c1ccccn1Cc1ccc([B-](F)(F)F)cc1. The lowest BCUT2D eigenvalue weighted by molar-refractivity contribution is 0.501. The first kappa shape index (κ1) is 12.5. The summed E-state index contributed by atoms with van der Waals surface area (Å²) in [6.45, 7) is -4.69. The van der Waals surface area contributed by atoms with Crippen LogP contribution in [0.4, 0.5) is 12.9 Å². The Kier molecular flexibility index (Phi) is 3.27. The largest absolute Gasteiger partial charge is 0.509 e. The summed E-state index contributed by atoms with van der Waals surface area (Å²) in [5, 5.41) is 0. The third kappa shape index (κ3) is 2.82. The number of pyridine rings is 1. The van der Waals surface area contributed by atoms with Crippen LogP contribution in [-0.4, -0.2) is 11.5 Å². The molecule has 0 unspecified atom stereocenters. The third-order valence-electron chi connectivity index (χ3n) is 2.61. The summed E-state index contributed by atoms with van der Waals surface area (Å²) in [4.78, 5) is 11.4. The molecule has 0 aliphatic rings. The molecule has 0 fully saturated rings. The van der Waals surface area contributed by atoms with Gasteiger partial charge in [-0.25, -0.2) is 0 Å². The van der Waals surface area contributed by atoms with Crippen LogP contribution >= 0.6 is 0 Å². The Bertz CT molecular complexity index is 589. The molecule has 1 heterocycles. The standard InChI is InChI=1S/C12H10BF3NO/c14-13(15,16)11-6-4-10(5-7-11)9-17-8-2-1-3-12(17)18/h1-8H,9H2/q-1. The van der Waals surface area contributed by atoms with Gasteiger partial charge in [0.05, 0.1) is 6.54 Å². The highest BCUT2D eigenvalue weighted by molar-refractivity contribution is 6.73. The van der Waals surface area contributed by atoms with E-state index in [0.29, 0.717) is 5.56 Å². The Balaban J connectivity index is 2.22. The maximum Gasteiger partial charge on any atom is 0.509 e. The summed E-state index contributed by atoms with van der Waals surface area (Å²) < 4.78 is 38.7. The molecule has 0 aliphatic carbocycles. The van der Waals surface area contributed by atoms with Crippen LogP contribution in [-0.2, 0) is 6.54 Å². The lowest BCUT2D eigenvalue weighted by Gasteiger charge is -2.15. The number of aromatic nitrogens is 1. The third-order valence-corrected chi connectivity index (χ3v) is 2.61. The van der Waals surface area contributed by atoms with Crippen molar-refractivity contribution in [1.29, 1.82) is 0 Å². The predicted molar refractivity (Wildman–Crippen MR) is 65.0 cm³/mol. The van der Waals surface area contributed by atoms with E-state index in [1.54, 1.807) is 18.3 Å². The highest BCUT2D eigenvalue weighted by Gasteiger charge is 2.24. The molecule has 0 N–H and O–H groups in total. The lowest BCUT2D eigenvalue weighted by atomic mass is 9.80. The molecule has 0 bridgehead atoms. The van der Waals surface area contributed by atoms with Crippen LogP contribution in [0.2, 0.25) is 0 Å². The number of halogens is 3. The Morgan fingerprint density at radius 2 is 1.67 bits per heavy atom. The molecule has 0 saturated heterocycles. The van der Waals surface area contributed by atoms with Crippen LogP contribution in [0.1, 0.15) is 5.56 Å². The average Bonchev–Trinajstić information content (AvgIpc) is 2.32. The normalized spacial score (nSPS) is 11.5. The first-order valence-corrected chi connectivity index (χ1v) is 5.41. The minimum atomic E-state index is -4.96. The van der Waals surface area contributed by atoms with Gasteiger partial charge in [0.1, 0.15) is 0 Å². The fourth-order valence-corrected chi connectivity index (χ4v) is 1.63. The zero-order valence-corrected chi connectivity index (χ0v) is 9.39. The molecule has 18 heavy (non-hydrogen) atoms. The minimum Gasteiger partial charge on any atom is -0.445 e. The summed E-state index contributed by atoms with van der Waals surface area (Å²) in [5.41, 5.74) is -0.145. The van der Waals surface area contributed by atoms with Crippen molar-refractivity contribution >= 4 is 12.4 Å². The molecule has 0 spiro atoms. The molecule has 1 aromatic carbocycles. The Labute approximate surface area is 102 Å². The highest BCUT2D eigenvalue weighted by atomic mass is 19.4. The van der Waals surface area contributed by atoms with Gasteiger partial charge in [-0.05, 0) is 11.6 Å². The molecule has 1 aromatic heterocycles. The van der Waals surface area contributed by atoms with E-state index in [-0.39, 0.29) is 12.1 Å². The van der Waals surface area contributed by atoms with Crippen molar-refractivity contribution in [1.82, 2.24) is 4.57 Å². The number of nitrogens with zero attached hydrogens (tertiary/aromatic N) is 1. The van der Waals surface area contributed by atoms with E-state index in [0.717, 1.165) is 12.1 Å². The molecule has 0 saturated carbocycles. The smallest absolute Gasteiger partial charge is 0.445 e. The quantitative estimate of drug-likeness (QED) is 0.765. The monoisotopic (exact) mass is 252 g/mol. The Morgan fingerprint density at radius 3 is 2.22 bits per heavy atom. The fourth-order valence-electron chi connectivity index (χ4n) is 1.63. The first-order valence-electron chi connectivity index (χ1n) is 5.41. The second-order valence-corrected chi connectivity index (χ2v) is 3.98. The van der Waals surface area contributed by atoms with Gasteiger partial charge in [0.2, 0.25) is 0 Å². The number of rotatable bonds is 3. The second-order valence-electron chi connectivity index (χ2n) is 3.98. The van der Waals surface area contributed by atoms with E-state index in [1.165, 1.54) is 22.8 Å². The van der Waals surface area contributed by atoms with Crippen LogP contribution in [0.25, 0.3) is 0 Å². The summed E-state index contributed by atoms with van der Waals surface area (Å²) in [5.74, 6) is 0. The van der Waals surface area contributed by atoms with Crippen LogP contribution in [0.3, 0.4) is 0 Å². The van der Waals surface area contributed by atoms with E-state index in [1.807, 2.05) is 0 Å². The van der Waals surface area contributed by atoms with Crippen LogP contribution in [0.15, 0.2) is 53.5 Å². The summed E-state index contributed by atoms with van der Waals surface area (Å²) in [6, 6.07) is 9.61. The molecule has 94 valence electrons. The molecule has 0 aliphatic heterocycles. The zero-order valence-electron chi connectivity index (χ0n) is 9.39. The van der Waals surface area contributed by atoms with Crippen molar-refractivity contribution in [3.63, 3.8) is 0 Å². The summed E-state index contributed by atoms with van der Waals surface area (Å²) >= 11 is 0. The van der Waals surface area contributed by atoms with Gasteiger partial charge in [0.25, 0.3) is 5.56 Å². The Hall–Kier alpha value is -1.98. The van der Waals surface area contributed by atoms with E-state index in [4.69, 9.17) is 0 Å². The lowest BCUT2D eigenvalue weighted by Crippen LogP contribution is -2.33. The van der Waals surface area contributed by atoms with Crippen molar-refractivity contribution in [2.75, 3.05) is 0 Å². The fraction of sp³-hybridized carbons (Fsp3) is 0.0833. The number of hydrogen-bond acceptors (Lipinski definition) is 1. The van der Waals surface area contributed by atoms with Crippen LogP contribution in [0, 0.1) is 0 Å². The first-order chi connectivity index (χ1) is 8.47. The number of hydrogen-bond donors (Lipinski definition) is 0. The van der Waals surface area contributed by atoms with Crippen molar-refractivity contribution in [2.24, 2.45) is 0 Å². The van der Waals surface area contributed by atoms with Gasteiger partial charge >= 0.3 is 6.98 Å².